The Balaban J connectivity index is 1.69. The number of carbonyl (C=O) groups is 2. The first-order chi connectivity index (χ1) is 12.4. The SMILES string of the molecule is Cc1cc(C(=O)N2CCC(C)CC2)ccc1NC(=O)C1(CN)CCCC1. The van der Waals surface area contributed by atoms with Gasteiger partial charge in [0.25, 0.3) is 5.91 Å². The lowest BCUT2D eigenvalue weighted by Crippen LogP contribution is -2.40. The van der Waals surface area contributed by atoms with Crippen LogP contribution in [0.1, 0.15) is 61.4 Å². The molecule has 1 heterocycles. The van der Waals surface area contributed by atoms with E-state index in [0.29, 0.717) is 18.0 Å². The third-order valence-electron chi connectivity index (χ3n) is 6.23. The number of nitrogens with two attached hydrogens (primary N) is 1. The van der Waals surface area contributed by atoms with E-state index in [0.717, 1.165) is 62.9 Å². The number of hydrogen-bond acceptors (Lipinski definition) is 3. The van der Waals surface area contributed by atoms with Gasteiger partial charge >= 0.3 is 0 Å². The molecule has 2 aliphatic rings. The predicted molar refractivity (Wildman–Crippen MR) is 104 cm³/mol. The van der Waals surface area contributed by atoms with Gasteiger partial charge in [-0.25, -0.2) is 0 Å². The smallest absolute Gasteiger partial charge is 0.253 e. The summed E-state index contributed by atoms with van der Waals surface area (Å²) in [7, 11) is 0. The topological polar surface area (TPSA) is 75.4 Å². The number of aryl methyl sites for hydroxylation is 1. The number of likely N-dealkylation sites (tertiary alicyclic amines) is 1. The minimum atomic E-state index is -0.425. The highest BCUT2D eigenvalue weighted by atomic mass is 16.2. The van der Waals surface area contributed by atoms with Crippen molar-refractivity contribution in [1.29, 1.82) is 0 Å². The van der Waals surface area contributed by atoms with Crippen molar-refractivity contribution < 1.29 is 9.59 Å². The number of benzene rings is 1. The van der Waals surface area contributed by atoms with E-state index >= 15 is 0 Å². The second-order valence-electron chi connectivity index (χ2n) is 8.15. The van der Waals surface area contributed by atoms with Crippen molar-refractivity contribution in [3.05, 3.63) is 29.3 Å². The number of hydrogen-bond donors (Lipinski definition) is 2. The minimum absolute atomic E-state index is 0.0182. The van der Waals surface area contributed by atoms with Gasteiger partial charge < -0.3 is 16.0 Å². The molecule has 1 aromatic rings. The Kier molecular flexibility index (Phi) is 5.66. The fraction of sp³-hybridized carbons (Fsp3) is 0.619. The molecule has 0 atom stereocenters. The molecular formula is C21H31N3O2. The number of nitrogens with one attached hydrogen (secondary N) is 1. The van der Waals surface area contributed by atoms with Gasteiger partial charge in [0.1, 0.15) is 0 Å². The average Bonchev–Trinajstić information content (AvgIpc) is 3.14. The minimum Gasteiger partial charge on any atom is -0.339 e. The Morgan fingerprint density at radius 3 is 2.46 bits per heavy atom. The summed E-state index contributed by atoms with van der Waals surface area (Å²) in [6.07, 6.45) is 5.98. The highest BCUT2D eigenvalue weighted by Gasteiger charge is 2.39. The molecule has 5 heteroatoms. The fourth-order valence-corrected chi connectivity index (χ4v) is 4.16. The summed E-state index contributed by atoms with van der Waals surface area (Å²) < 4.78 is 0. The van der Waals surface area contributed by atoms with Crippen LogP contribution in [-0.4, -0.2) is 36.3 Å². The number of rotatable bonds is 4. The zero-order valence-corrected chi connectivity index (χ0v) is 16.0. The van der Waals surface area contributed by atoms with E-state index in [4.69, 9.17) is 5.73 Å². The number of piperidine rings is 1. The van der Waals surface area contributed by atoms with Gasteiger partial charge in [0.2, 0.25) is 5.91 Å². The van der Waals surface area contributed by atoms with Crippen molar-refractivity contribution in [3.8, 4) is 0 Å². The molecule has 0 unspecified atom stereocenters. The van der Waals surface area contributed by atoms with E-state index in [2.05, 4.69) is 12.2 Å². The van der Waals surface area contributed by atoms with Crippen LogP contribution in [0.15, 0.2) is 18.2 Å². The summed E-state index contributed by atoms with van der Waals surface area (Å²) in [6.45, 7) is 6.23. The molecule has 0 bridgehead atoms. The molecule has 3 rings (SSSR count). The van der Waals surface area contributed by atoms with Crippen LogP contribution in [0.3, 0.4) is 0 Å². The molecule has 2 amide bonds. The van der Waals surface area contributed by atoms with Crippen LogP contribution in [0.25, 0.3) is 0 Å². The largest absolute Gasteiger partial charge is 0.339 e. The monoisotopic (exact) mass is 357 g/mol. The molecule has 3 N–H and O–H groups in total. The third-order valence-corrected chi connectivity index (χ3v) is 6.23. The van der Waals surface area contributed by atoms with Crippen molar-refractivity contribution in [2.75, 3.05) is 25.0 Å². The van der Waals surface area contributed by atoms with Gasteiger partial charge in [-0.1, -0.05) is 19.8 Å². The molecule has 1 saturated heterocycles. The van der Waals surface area contributed by atoms with Crippen LogP contribution >= 0.6 is 0 Å². The maximum atomic E-state index is 12.8. The normalized spacial score (nSPS) is 20.2. The second kappa shape index (κ2) is 7.78. The van der Waals surface area contributed by atoms with E-state index in [1.165, 1.54) is 0 Å². The number of nitrogens with zero attached hydrogens (tertiary/aromatic N) is 1. The standard InChI is InChI=1S/C21H31N3O2/c1-15-7-11-24(12-8-15)19(25)17-5-6-18(16(2)13-17)23-20(26)21(14-22)9-3-4-10-21/h5-6,13,15H,3-4,7-12,14,22H2,1-2H3,(H,23,26). The van der Waals surface area contributed by atoms with Crippen molar-refractivity contribution in [2.24, 2.45) is 17.1 Å². The second-order valence-corrected chi connectivity index (χ2v) is 8.15. The zero-order chi connectivity index (χ0) is 18.7. The molecule has 1 aromatic carbocycles. The number of amides is 2. The lowest BCUT2D eigenvalue weighted by atomic mass is 9.85. The molecule has 1 saturated carbocycles. The molecule has 0 radical (unpaired) electrons. The van der Waals surface area contributed by atoms with Crippen LogP contribution < -0.4 is 11.1 Å². The molecule has 142 valence electrons. The zero-order valence-electron chi connectivity index (χ0n) is 16.0. The predicted octanol–water partition coefficient (Wildman–Crippen LogP) is 3.32. The molecule has 0 aromatic heterocycles. The van der Waals surface area contributed by atoms with Crippen molar-refractivity contribution >= 4 is 17.5 Å². The highest BCUT2D eigenvalue weighted by molar-refractivity contribution is 5.98. The summed E-state index contributed by atoms with van der Waals surface area (Å²) in [4.78, 5) is 27.4. The lowest BCUT2D eigenvalue weighted by molar-refractivity contribution is -0.124. The molecule has 0 spiro atoms. The van der Waals surface area contributed by atoms with Crippen LogP contribution in [0.2, 0.25) is 0 Å². The fourth-order valence-electron chi connectivity index (χ4n) is 4.16. The molecule has 5 nitrogen and oxygen atoms in total. The maximum absolute atomic E-state index is 12.8. The van der Waals surface area contributed by atoms with Crippen molar-refractivity contribution in [2.45, 2.75) is 52.4 Å². The first kappa shape index (κ1) is 18.9. The first-order valence-corrected chi connectivity index (χ1v) is 9.87. The van der Waals surface area contributed by atoms with Gasteiger partial charge in [-0.15, -0.1) is 0 Å². The van der Waals surface area contributed by atoms with E-state index in [9.17, 15) is 9.59 Å². The van der Waals surface area contributed by atoms with Gasteiger partial charge in [0, 0.05) is 30.9 Å². The van der Waals surface area contributed by atoms with E-state index in [-0.39, 0.29) is 11.8 Å². The summed E-state index contributed by atoms with van der Waals surface area (Å²) in [6, 6.07) is 5.57. The Hall–Kier alpha value is -1.88. The maximum Gasteiger partial charge on any atom is 0.253 e. The van der Waals surface area contributed by atoms with Gasteiger partial charge in [-0.05, 0) is 62.3 Å². The Morgan fingerprint density at radius 1 is 1.23 bits per heavy atom. The summed E-state index contributed by atoms with van der Waals surface area (Å²) in [5.74, 6) is 0.806. The summed E-state index contributed by atoms with van der Waals surface area (Å²) >= 11 is 0. The Bertz CT molecular complexity index is 672. The van der Waals surface area contributed by atoms with Gasteiger partial charge in [-0.3, -0.25) is 9.59 Å². The van der Waals surface area contributed by atoms with E-state index in [1.54, 1.807) is 0 Å². The molecular weight excluding hydrogens is 326 g/mol. The van der Waals surface area contributed by atoms with Crippen LogP contribution in [0.5, 0.6) is 0 Å². The van der Waals surface area contributed by atoms with Crippen LogP contribution in [0.4, 0.5) is 5.69 Å². The van der Waals surface area contributed by atoms with Crippen LogP contribution in [-0.2, 0) is 4.79 Å². The van der Waals surface area contributed by atoms with Gasteiger partial charge in [0.05, 0.1) is 5.41 Å². The van der Waals surface area contributed by atoms with Crippen LogP contribution in [0, 0.1) is 18.3 Å². The Labute approximate surface area is 156 Å². The lowest BCUT2D eigenvalue weighted by Gasteiger charge is -2.30. The van der Waals surface area contributed by atoms with Crippen molar-refractivity contribution in [1.82, 2.24) is 4.90 Å². The average molecular weight is 357 g/mol. The summed E-state index contributed by atoms with van der Waals surface area (Å²) in [5.41, 5.74) is 7.87. The molecule has 1 aliphatic carbocycles. The van der Waals surface area contributed by atoms with E-state index < -0.39 is 5.41 Å². The molecule has 2 fully saturated rings. The van der Waals surface area contributed by atoms with Gasteiger partial charge in [0.15, 0.2) is 0 Å². The molecule has 1 aliphatic heterocycles. The summed E-state index contributed by atoms with van der Waals surface area (Å²) in [5, 5.41) is 3.05. The van der Waals surface area contributed by atoms with E-state index in [1.807, 2.05) is 30.0 Å². The quantitative estimate of drug-likeness (QED) is 0.868. The number of anilines is 1. The van der Waals surface area contributed by atoms with Gasteiger partial charge in [-0.2, -0.15) is 0 Å². The molecule has 26 heavy (non-hydrogen) atoms. The Morgan fingerprint density at radius 2 is 1.88 bits per heavy atom. The highest BCUT2D eigenvalue weighted by Crippen LogP contribution is 2.38. The van der Waals surface area contributed by atoms with Crippen molar-refractivity contribution in [3.63, 3.8) is 0 Å². The number of carbonyl (C=O) groups excluding carboxylic acids is 2. The third kappa shape index (κ3) is 3.78. The first-order valence-electron chi connectivity index (χ1n) is 9.87.